The topological polar surface area (TPSA) is 111 Å². The second-order valence-corrected chi connectivity index (χ2v) is 8.06. The Hall–Kier alpha value is -3.85. The van der Waals surface area contributed by atoms with Crippen LogP contribution in [0.2, 0.25) is 5.02 Å². The Balaban J connectivity index is 1.97. The first kappa shape index (κ1) is 25.8. The molecule has 0 atom stereocenters. The van der Waals surface area contributed by atoms with E-state index >= 15 is 0 Å². The zero-order valence-corrected chi connectivity index (χ0v) is 20.5. The second kappa shape index (κ2) is 11.1. The molecule has 2 aromatic carbocycles. The molecule has 1 N–H and O–H groups in total. The van der Waals surface area contributed by atoms with Crippen LogP contribution in [0, 0.1) is 0 Å². The predicted molar refractivity (Wildman–Crippen MR) is 130 cm³/mol. The number of nitrogens with one attached hydrogen (secondary N) is 1. The third-order valence-corrected chi connectivity index (χ3v) is 5.02. The molecule has 0 unspecified atom stereocenters. The molecule has 184 valence electrons. The number of benzene rings is 2. The molecule has 10 heteroatoms. The summed E-state index contributed by atoms with van der Waals surface area (Å²) in [6, 6.07) is 7.90. The highest BCUT2D eigenvalue weighted by Gasteiger charge is 2.37. The highest BCUT2D eigenvalue weighted by molar-refractivity contribution is 6.39. The third kappa shape index (κ3) is 5.81. The van der Waals surface area contributed by atoms with Gasteiger partial charge in [0.25, 0.3) is 11.8 Å². The minimum Gasteiger partial charge on any atom is -0.490 e. The van der Waals surface area contributed by atoms with Crippen LogP contribution in [0.25, 0.3) is 6.08 Å². The number of carbonyl (C=O) groups excluding carboxylic acids is 4. The van der Waals surface area contributed by atoms with Crippen molar-refractivity contribution < 1.29 is 33.4 Å². The van der Waals surface area contributed by atoms with E-state index in [1.165, 1.54) is 36.4 Å². The average molecular weight is 501 g/mol. The van der Waals surface area contributed by atoms with Gasteiger partial charge in [-0.1, -0.05) is 11.6 Å². The van der Waals surface area contributed by atoms with Crippen LogP contribution in [-0.2, 0) is 14.3 Å². The van der Waals surface area contributed by atoms with Crippen molar-refractivity contribution in [1.82, 2.24) is 5.32 Å². The molecule has 0 spiro atoms. The molecule has 0 radical (unpaired) electrons. The van der Waals surface area contributed by atoms with Gasteiger partial charge in [-0.05, 0) is 75.7 Å². The molecule has 4 amide bonds. The highest BCUT2D eigenvalue weighted by atomic mass is 35.5. The molecule has 1 aliphatic rings. The van der Waals surface area contributed by atoms with Crippen LogP contribution >= 0.6 is 11.6 Å². The van der Waals surface area contributed by atoms with Gasteiger partial charge in [0.2, 0.25) is 0 Å². The Labute approximate surface area is 207 Å². The number of barbiturate groups is 1. The standard InChI is InChI=1S/C25H25ClN2O7/c1-5-33-20-13-15(12-19(26)21(20)35-14(3)4)11-18-22(29)27-25(32)28(23(18)30)17-9-7-16(8-10-17)24(31)34-6-2/h7-14H,5-6H2,1-4H3,(H,27,29,32)/b18-11+. The summed E-state index contributed by atoms with van der Waals surface area (Å²) in [6.45, 7) is 7.73. The Morgan fingerprint density at radius 1 is 1.09 bits per heavy atom. The van der Waals surface area contributed by atoms with E-state index in [-0.39, 0.29) is 34.6 Å². The van der Waals surface area contributed by atoms with Gasteiger partial charge in [-0.3, -0.25) is 14.9 Å². The number of hydrogen-bond acceptors (Lipinski definition) is 7. The molecule has 0 saturated carbocycles. The Bertz CT molecular complexity index is 1190. The van der Waals surface area contributed by atoms with Gasteiger partial charge in [0.05, 0.1) is 35.6 Å². The number of rotatable bonds is 8. The number of ether oxygens (including phenoxy) is 3. The first-order valence-corrected chi connectivity index (χ1v) is 11.4. The van der Waals surface area contributed by atoms with Gasteiger partial charge in [-0.25, -0.2) is 14.5 Å². The summed E-state index contributed by atoms with van der Waals surface area (Å²) in [4.78, 5) is 50.9. The van der Waals surface area contributed by atoms with Crippen LogP contribution in [-0.4, -0.2) is 43.1 Å². The molecule has 1 saturated heterocycles. The molecule has 0 aromatic heterocycles. The van der Waals surface area contributed by atoms with Crippen LogP contribution in [0.15, 0.2) is 42.0 Å². The van der Waals surface area contributed by atoms with Crippen molar-refractivity contribution in [2.75, 3.05) is 18.1 Å². The lowest BCUT2D eigenvalue weighted by molar-refractivity contribution is -0.122. The molecule has 3 rings (SSSR count). The second-order valence-electron chi connectivity index (χ2n) is 7.65. The van der Waals surface area contributed by atoms with Crippen LogP contribution < -0.4 is 19.7 Å². The van der Waals surface area contributed by atoms with Crippen LogP contribution in [0.1, 0.15) is 43.6 Å². The number of amides is 4. The Kier molecular flexibility index (Phi) is 8.14. The van der Waals surface area contributed by atoms with E-state index in [2.05, 4.69) is 5.32 Å². The van der Waals surface area contributed by atoms with E-state index in [0.717, 1.165) is 4.90 Å². The van der Waals surface area contributed by atoms with E-state index in [1.54, 1.807) is 19.9 Å². The van der Waals surface area contributed by atoms with Gasteiger partial charge >= 0.3 is 12.0 Å². The molecule has 9 nitrogen and oxygen atoms in total. The summed E-state index contributed by atoms with van der Waals surface area (Å²) in [6.07, 6.45) is 1.16. The minimum absolute atomic E-state index is 0.156. The van der Waals surface area contributed by atoms with E-state index in [4.69, 9.17) is 25.8 Å². The summed E-state index contributed by atoms with van der Waals surface area (Å²) in [7, 11) is 0. The van der Waals surface area contributed by atoms with Gasteiger partial charge in [0, 0.05) is 0 Å². The van der Waals surface area contributed by atoms with Gasteiger partial charge in [0.15, 0.2) is 11.5 Å². The maximum Gasteiger partial charge on any atom is 0.338 e. The molecule has 0 aliphatic carbocycles. The van der Waals surface area contributed by atoms with Crippen molar-refractivity contribution in [3.05, 3.63) is 58.1 Å². The van der Waals surface area contributed by atoms with Crippen molar-refractivity contribution in [2.45, 2.75) is 33.8 Å². The average Bonchev–Trinajstić information content (AvgIpc) is 2.79. The fraction of sp³-hybridized carbons (Fsp3) is 0.280. The summed E-state index contributed by atoms with van der Waals surface area (Å²) in [5.41, 5.74) is 0.553. The lowest BCUT2D eigenvalue weighted by Gasteiger charge is -2.26. The number of anilines is 1. The van der Waals surface area contributed by atoms with Crippen LogP contribution in [0.3, 0.4) is 0 Å². The van der Waals surface area contributed by atoms with Crippen LogP contribution in [0.4, 0.5) is 10.5 Å². The Morgan fingerprint density at radius 2 is 1.77 bits per heavy atom. The molecule has 1 aliphatic heterocycles. The molecule has 35 heavy (non-hydrogen) atoms. The summed E-state index contributed by atoms with van der Waals surface area (Å²) >= 11 is 6.39. The number of carbonyl (C=O) groups is 4. The summed E-state index contributed by atoms with van der Waals surface area (Å²) < 4.78 is 16.3. The number of urea groups is 1. The molecule has 0 bridgehead atoms. The molecular formula is C25H25ClN2O7. The zero-order valence-electron chi connectivity index (χ0n) is 19.7. The number of imide groups is 2. The predicted octanol–water partition coefficient (Wildman–Crippen LogP) is 4.37. The largest absolute Gasteiger partial charge is 0.490 e. The van der Waals surface area contributed by atoms with Gasteiger partial charge in [-0.15, -0.1) is 0 Å². The fourth-order valence-corrected chi connectivity index (χ4v) is 3.57. The maximum absolute atomic E-state index is 13.2. The van der Waals surface area contributed by atoms with Crippen molar-refractivity contribution in [3.8, 4) is 11.5 Å². The van der Waals surface area contributed by atoms with Crippen LogP contribution in [0.5, 0.6) is 11.5 Å². The smallest absolute Gasteiger partial charge is 0.338 e. The maximum atomic E-state index is 13.2. The molecule has 1 heterocycles. The minimum atomic E-state index is -0.908. The number of halogens is 1. The number of nitrogens with zero attached hydrogens (tertiary/aromatic N) is 1. The summed E-state index contributed by atoms with van der Waals surface area (Å²) in [5, 5.41) is 2.40. The van der Waals surface area contributed by atoms with Crippen molar-refractivity contribution >= 4 is 47.2 Å². The van der Waals surface area contributed by atoms with Gasteiger partial charge in [-0.2, -0.15) is 0 Å². The van der Waals surface area contributed by atoms with E-state index in [1.807, 2.05) is 13.8 Å². The monoisotopic (exact) mass is 500 g/mol. The van der Waals surface area contributed by atoms with Gasteiger partial charge < -0.3 is 14.2 Å². The third-order valence-electron chi connectivity index (χ3n) is 4.73. The normalized spacial score (nSPS) is 14.9. The fourth-order valence-electron chi connectivity index (χ4n) is 3.30. The molecule has 2 aromatic rings. The van der Waals surface area contributed by atoms with Crippen molar-refractivity contribution in [1.29, 1.82) is 0 Å². The Morgan fingerprint density at radius 3 is 2.37 bits per heavy atom. The molecule has 1 fully saturated rings. The lowest BCUT2D eigenvalue weighted by atomic mass is 10.1. The summed E-state index contributed by atoms with van der Waals surface area (Å²) in [5.74, 6) is -1.51. The number of hydrogen-bond donors (Lipinski definition) is 1. The van der Waals surface area contributed by atoms with E-state index in [0.29, 0.717) is 23.7 Å². The first-order valence-electron chi connectivity index (χ1n) is 11.0. The highest BCUT2D eigenvalue weighted by Crippen LogP contribution is 2.38. The van der Waals surface area contributed by atoms with Gasteiger partial charge in [0.1, 0.15) is 5.57 Å². The lowest BCUT2D eigenvalue weighted by Crippen LogP contribution is -2.54. The van der Waals surface area contributed by atoms with E-state index < -0.39 is 23.8 Å². The van der Waals surface area contributed by atoms with Crippen molar-refractivity contribution in [3.63, 3.8) is 0 Å². The SMILES string of the molecule is CCOC(=O)c1ccc(N2C(=O)NC(=O)/C(=C\c3cc(Cl)c(OC(C)C)c(OCC)c3)C2=O)cc1. The number of esters is 1. The van der Waals surface area contributed by atoms with E-state index in [9.17, 15) is 19.2 Å². The molecular weight excluding hydrogens is 476 g/mol. The first-order chi connectivity index (χ1) is 16.7. The quantitative estimate of drug-likeness (QED) is 0.325. The zero-order chi connectivity index (χ0) is 25.7. The van der Waals surface area contributed by atoms with Crippen molar-refractivity contribution in [2.24, 2.45) is 0 Å².